The lowest BCUT2D eigenvalue weighted by molar-refractivity contribution is -0.384. The summed E-state index contributed by atoms with van der Waals surface area (Å²) >= 11 is 0. The summed E-state index contributed by atoms with van der Waals surface area (Å²) in [5.41, 5.74) is 10.3. The molecule has 2 aromatic rings. The van der Waals surface area contributed by atoms with E-state index in [1.807, 2.05) is 25.5 Å². The molecule has 1 aromatic carbocycles. The molecule has 100 valence electrons. The molecule has 0 aliphatic rings. The number of non-ortho nitro benzene ring substituents is 1. The molecule has 0 aliphatic heterocycles. The number of nitrogen functional groups attached to an aromatic ring is 1. The molecule has 19 heavy (non-hydrogen) atoms. The van der Waals surface area contributed by atoms with Gasteiger partial charge in [-0.15, -0.1) is 0 Å². The molecule has 1 heterocycles. The highest BCUT2D eigenvalue weighted by Gasteiger charge is 2.12. The van der Waals surface area contributed by atoms with Crippen molar-refractivity contribution in [3.63, 3.8) is 0 Å². The van der Waals surface area contributed by atoms with Crippen molar-refractivity contribution in [2.75, 3.05) is 5.73 Å². The zero-order valence-electron chi connectivity index (χ0n) is 11.2. The number of nitro benzene ring substituents is 1. The van der Waals surface area contributed by atoms with Gasteiger partial charge in [-0.1, -0.05) is 0 Å². The van der Waals surface area contributed by atoms with Gasteiger partial charge in [-0.2, -0.15) is 5.10 Å². The summed E-state index contributed by atoms with van der Waals surface area (Å²) in [7, 11) is 0. The number of anilines is 1. The van der Waals surface area contributed by atoms with Crippen LogP contribution >= 0.6 is 0 Å². The van der Waals surface area contributed by atoms with Crippen molar-refractivity contribution >= 4 is 11.4 Å². The van der Waals surface area contributed by atoms with Crippen molar-refractivity contribution in [3.05, 3.63) is 50.8 Å². The van der Waals surface area contributed by atoms with Crippen LogP contribution in [0.4, 0.5) is 11.4 Å². The van der Waals surface area contributed by atoms with E-state index in [2.05, 4.69) is 5.10 Å². The predicted octanol–water partition coefficient (Wildman–Crippen LogP) is 2.35. The van der Waals surface area contributed by atoms with E-state index < -0.39 is 4.92 Å². The highest BCUT2D eigenvalue weighted by molar-refractivity contribution is 5.52. The van der Waals surface area contributed by atoms with Crippen molar-refractivity contribution in [1.29, 1.82) is 0 Å². The molecular formula is C13H16N4O2. The lowest BCUT2D eigenvalue weighted by Crippen LogP contribution is -2.07. The Bertz CT molecular complexity index is 646. The monoisotopic (exact) mass is 260 g/mol. The second kappa shape index (κ2) is 4.72. The fourth-order valence-electron chi connectivity index (χ4n) is 1.94. The van der Waals surface area contributed by atoms with Gasteiger partial charge in [0, 0.05) is 29.1 Å². The highest BCUT2D eigenvalue weighted by Crippen LogP contribution is 2.22. The Morgan fingerprint density at radius 2 is 2.05 bits per heavy atom. The van der Waals surface area contributed by atoms with Crippen LogP contribution in [0.3, 0.4) is 0 Å². The number of rotatable bonds is 3. The third kappa shape index (κ3) is 2.42. The summed E-state index contributed by atoms with van der Waals surface area (Å²) in [6.45, 7) is 6.36. The fraction of sp³-hybridized carbons (Fsp3) is 0.308. The number of hydrogen-bond donors (Lipinski definition) is 1. The van der Waals surface area contributed by atoms with Crippen LogP contribution in [0.25, 0.3) is 0 Å². The highest BCUT2D eigenvalue weighted by atomic mass is 16.6. The minimum atomic E-state index is -0.421. The molecule has 0 bridgehead atoms. The minimum absolute atomic E-state index is 0.0439. The average molecular weight is 260 g/mol. The Labute approximate surface area is 111 Å². The molecule has 0 spiro atoms. The van der Waals surface area contributed by atoms with Crippen LogP contribution in [0.1, 0.15) is 22.5 Å². The summed E-state index contributed by atoms with van der Waals surface area (Å²) < 4.78 is 1.82. The van der Waals surface area contributed by atoms with Crippen molar-refractivity contribution in [2.45, 2.75) is 27.3 Å². The van der Waals surface area contributed by atoms with Gasteiger partial charge in [0.05, 0.1) is 17.2 Å². The number of aryl methyl sites for hydroxylation is 1. The maximum absolute atomic E-state index is 10.8. The second-order valence-corrected chi connectivity index (χ2v) is 4.59. The third-order valence-electron chi connectivity index (χ3n) is 3.40. The van der Waals surface area contributed by atoms with E-state index in [0.717, 1.165) is 17.0 Å². The van der Waals surface area contributed by atoms with Gasteiger partial charge < -0.3 is 5.73 Å². The number of aromatic nitrogens is 2. The summed E-state index contributed by atoms with van der Waals surface area (Å²) in [4.78, 5) is 10.4. The van der Waals surface area contributed by atoms with Gasteiger partial charge in [0.2, 0.25) is 0 Å². The van der Waals surface area contributed by atoms with E-state index in [4.69, 9.17) is 5.73 Å². The normalized spacial score (nSPS) is 10.7. The molecule has 0 unspecified atom stereocenters. The Morgan fingerprint density at radius 3 is 2.58 bits per heavy atom. The van der Waals surface area contributed by atoms with Gasteiger partial charge in [-0.25, -0.2) is 0 Å². The molecule has 6 nitrogen and oxygen atoms in total. The van der Waals surface area contributed by atoms with E-state index in [0.29, 0.717) is 17.8 Å². The quantitative estimate of drug-likeness (QED) is 0.521. The number of benzene rings is 1. The van der Waals surface area contributed by atoms with E-state index in [-0.39, 0.29) is 5.69 Å². The molecule has 0 fully saturated rings. The summed E-state index contributed by atoms with van der Waals surface area (Å²) in [6, 6.07) is 4.47. The van der Waals surface area contributed by atoms with Crippen LogP contribution in [-0.2, 0) is 6.54 Å². The molecular weight excluding hydrogens is 244 g/mol. The largest absolute Gasteiger partial charge is 0.398 e. The molecule has 0 radical (unpaired) electrons. The maximum Gasteiger partial charge on any atom is 0.269 e. The number of nitro groups is 1. The van der Waals surface area contributed by atoms with Gasteiger partial charge in [0.15, 0.2) is 0 Å². The summed E-state index contributed by atoms with van der Waals surface area (Å²) in [6.07, 6.45) is 0. The molecule has 6 heteroatoms. The third-order valence-corrected chi connectivity index (χ3v) is 3.40. The van der Waals surface area contributed by atoms with Crippen molar-refractivity contribution < 1.29 is 4.92 Å². The average Bonchev–Trinajstić information content (AvgIpc) is 2.59. The smallest absolute Gasteiger partial charge is 0.269 e. The Morgan fingerprint density at radius 1 is 1.37 bits per heavy atom. The van der Waals surface area contributed by atoms with E-state index >= 15 is 0 Å². The molecule has 0 aliphatic carbocycles. The van der Waals surface area contributed by atoms with Gasteiger partial charge in [0.25, 0.3) is 5.69 Å². The molecule has 0 amide bonds. The molecule has 2 rings (SSSR count). The molecule has 0 saturated heterocycles. The van der Waals surface area contributed by atoms with Gasteiger partial charge >= 0.3 is 0 Å². The van der Waals surface area contributed by atoms with Crippen LogP contribution in [0.2, 0.25) is 0 Å². The number of nitrogens with zero attached hydrogens (tertiary/aromatic N) is 3. The molecule has 1 aromatic heterocycles. The van der Waals surface area contributed by atoms with Crippen molar-refractivity contribution in [2.24, 2.45) is 0 Å². The van der Waals surface area contributed by atoms with Crippen LogP contribution < -0.4 is 5.73 Å². The Kier molecular flexibility index (Phi) is 3.25. The molecule has 0 saturated carbocycles. The number of hydrogen-bond acceptors (Lipinski definition) is 4. The van der Waals surface area contributed by atoms with Crippen molar-refractivity contribution in [1.82, 2.24) is 9.78 Å². The Hall–Kier alpha value is -2.37. The first kappa shape index (κ1) is 13.1. The topological polar surface area (TPSA) is 87.0 Å². The van der Waals surface area contributed by atoms with Crippen LogP contribution in [0.5, 0.6) is 0 Å². The SMILES string of the molecule is Cc1nn(Cc2cc([N+](=O)[O-])ccc2N)c(C)c1C. The zero-order valence-corrected chi connectivity index (χ0v) is 11.2. The van der Waals surface area contributed by atoms with Gasteiger partial charge in [0.1, 0.15) is 0 Å². The maximum atomic E-state index is 10.8. The first-order chi connectivity index (χ1) is 8.90. The lowest BCUT2D eigenvalue weighted by atomic mass is 10.1. The molecule has 0 atom stereocenters. The predicted molar refractivity (Wildman–Crippen MR) is 73.0 cm³/mol. The van der Waals surface area contributed by atoms with E-state index in [1.165, 1.54) is 12.1 Å². The standard InChI is InChI=1S/C13H16N4O2/c1-8-9(2)15-16(10(8)3)7-11-6-12(17(18)19)4-5-13(11)14/h4-6H,7,14H2,1-3H3. The lowest BCUT2D eigenvalue weighted by Gasteiger charge is -2.08. The van der Waals surface area contributed by atoms with Crippen LogP contribution in [0, 0.1) is 30.9 Å². The van der Waals surface area contributed by atoms with Crippen molar-refractivity contribution in [3.8, 4) is 0 Å². The first-order valence-electron chi connectivity index (χ1n) is 5.93. The fourth-order valence-corrected chi connectivity index (χ4v) is 1.94. The van der Waals surface area contributed by atoms with Crippen LogP contribution in [0.15, 0.2) is 18.2 Å². The zero-order chi connectivity index (χ0) is 14.2. The summed E-state index contributed by atoms with van der Waals surface area (Å²) in [5, 5.41) is 15.2. The number of nitrogens with two attached hydrogens (primary N) is 1. The van der Waals surface area contributed by atoms with E-state index in [1.54, 1.807) is 6.07 Å². The Balaban J connectivity index is 2.40. The van der Waals surface area contributed by atoms with E-state index in [9.17, 15) is 10.1 Å². The van der Waals surface area contributed by atoms with Crippen LogP contribution in [-0.4, -0.2) is 14.7 Å². The summed E-state index contributed by atoms with van der Waals surface area (Å²) in [5.74, 6) is 0. The minimum Gasteiger partial charge on any atom is -0.398 e. The second-order valence-electron chi connectivity index (χ2n) is 4.59. The van der Waals surface area contributed by atoms with Gasteiger partial charge in [-0.05, 0) is 32.4 Å². The van der Waals surface area contributed by atoms with Gasteiger partial charge in [-0.3, -0.25) is 14.8 Å². The first-order valence-corrected chi connectivity index (χ1v) is 5.93. The molecule has 2 N–H and O–H groups in total.